The zero-order chi connectivity index (χ0) is 14.8. The number of carbonyl (C=O) groups is 2. The number of hydrogen-bond acceptors (Lipinski definition) is 2. The third-order valence-corrected chi connectivity index (χ3v) is 2.60. The summed E-state index contributed by atoms with van der Waals surface area (Å²) < 4.78 is 36.4. The van der Waals surface area contributed by atoms with Crippen molar-refractivity contribution < 1.29 is 27.9 Å². The van der Waals surface area contributed by atoms with Crippen molar-refractivity contribution >= 4 is 11.9 Å². The molecule has 1 rings (SSSR count). The van der Waals surface area contributed by atoms with Gasteiger partial charge in [0.05, 0.1) is 11.6 Å². The van der Waals surface area contributed by atoms with Gasteiger partial charge in [-0.2, -0.15) is 13.2 Å². The Balaban J connectivity index is 2.99. The van der Waals surface area contributed by atoms with E-state index in [1.807, 2.05) is 0 Å². The third-order valence-electron chi connectivity index (χ3n) is 2.60. The highest BCUT2D eigenvalue weighted by atomic mass is 19.4. The number of halogens is 3. The summed E-state index contributed by atoms with van der Waals surface area (Å²) in [5.74, 6) is -3.24. The molecule has 0 aliphatic rings. The minimum absolute atomic E-state index is 0.0475. The van der Waals surface area contributed by atoms with E-state index < -0.39 is 24.1 Å². The van der Waals surface area contributed by atoms with E-state index in [0.29, 0.717) is 11.1 Å². The maximum absolute atomic E-state index is 12.1. The molecule has 0 fully saturated rings. The van der Waals surface area contributed by atoms with Crippen molar-refractivity contribution in [2.45, 2.75) is 26.1 Å². The molecule has 1 atom stereocenters. The van der Waals surface area contributed by atoms with Crippen molar-refractivity contribution in [1.29, 1.82) is 0 Å². The molecule has 4 nitrogen and oxygen atoms in total. The summed E-state index contributed by atoms with van der Waals surface area (Å²) in [4.78, 5) is 21.6. The van der Waals surface area contributed by atoms with Crippen LogP contribution in [0.2, 0.25) is 0 Å². The predicted octanol–water partition coefficient (Wildman–Crippen LogP) is 2.43. The topological polar surface area (TPSA) is 66.4 Å². The van der Waals surface area contributed by atoms with E-state index in [9.17, 15) is 22.8 Å². The molecule has 0 heterocycles. The number of carbonyl (C=O) groups excluding carboxylic acids is 1. The van der Waals surface area contributed by atoms with Crippen molar-refractivity contribution in [2.75, 3.05) is 0 Å². The average molecular weight is 275 g/mol. The molecule has 1 amide bonds. The molecular formula is C12H12F3NO3. The SMILES string of the molecule is Cc1ccc(C(=O)O)cc1C(C)NC(=O)C(F)(F)F. The van der Waals surface area contributed by atoms with Gasteiger partial charge in [-0.15, -0.1) is 0 Å². The van der Waals surface area contributed by atoms with Gasteiger partial charge in [0.15, 0.2) is 0 Å². The fourth-order valence-corrected chi connectivity index (χ4v) is 1.60. The van der Waals surface area contributed by atoms with E-state index in [-0.39, 0.29) is 5.56 Å². The molecule has 0 bridgehead atoms. The van der Waals surface area contributed by atoms with Crippen LogP contribution in [0, 0.1) is 6.92 Å². The van der Waals surface area contributed by atoms with Gasteiger partial charge < -0.3 is 10.4 Å². The van der Waals surface area contributed by atoms with Gasteiger partial charge in [-0.25, -0.2) is 4.79 Å². The van der Waals surface area contributed by atoms with E-state index in [1.54, 1.807) is 12.2 Å². The molecule has 7 heteroatoms. The van der Waals surface area contributed by atoms with Gasteiger partial charge in [0.1, 0.15) is 0 Å². The maximum atomic E-state index is 12.1. The van der Waals surface area contributed by atoms with Gasteiger partial charge in [0, 0.05) is 0 Å². The van der Waals surface area contributed by atoms with Crippen LogP contribution in [0.3, 0.4) is 0 Å². The molecule has 0 spiro atoms. The Morgan fingerprint density at radius 2 is 1.89 bits per heavy atom. The highest BCUT2D eigenvalue weighted by Gasteiger charge is 2.39. The van der Waals surface area contributed by atoms with E-state index >= 15 is 0 Å². The number of carboxylic acid groups (broad SMARTS) is 1. The summed E-state index contributed by atoms with van der Waals surface area (Å²) >= 11 is 0. The second-order valence-electron chi connectivity index (χ2n) is 4.07. The van der Waals surface area contributed by atoms with Gasteiger partial charge in [0.2, 0.25) is 0 Å². The van der Waals surface area contributed by atoms with Crippen LogP contribution in [-0.4, -0.2) is 23.2 Å². The molecule has 0 saturated heterocycles. The maximum Gasteiger partial charge on any atom is 0.471 e. The molecule has 0 aliphatic carbocycles. The first-order valence-corrected chi connectivity index (χ1v) is 5.34. The smallest absolute Gasteiger partial charge is 0.471 e. The van der Waals surface area contributed by atoms with Gasteiger partial charge >= 0.3 is 18.1 Å². The fraction of sp³-hybridized carbons (Fsp3) is 0.333. The number of hydrogen-bond donors (Lipinski definition) is 2. The molecule has 104 valence electrons. The van der Waals surface area contributed by atoms with Crippen LogP contribution in [0.5, 0.6) is 0 Å². The Morgan fingerprint density at radius 3 is 2.37 bits per heavy atom. The van der Waals surface area contributed by atoms with Crippen LogP contribution >= 0.6 is 0 Å². The number of amides is 1. The molecule has 1 unspecified atom stereocenters. The number of aromatic carboxylic acids is 1. The van der Waals surface area contributed by atoms with Crippen molar-refractivity contribution in [2.24, 2.45) is 0 Å². The van der Waals surface area contributed by atoms with Crippen LogP contribution in [0.15, 0.2) is 18.2 Å². The van der Waals surface area contributed by atoms with E-state index in [0.717, 1.165) is 0 Å². The molecule has 0 saturated carbocycles. The molecule has 2 N–H and O–H groups in total. The van der Waals surface area contributed by atoms with E-state index in [1.165, 1.54) is 25.1 Å². The lowest BCUT2D eigenvalue weighted by molar-refractivity contribution is -0.174. The van der Waals surface area contributed by atoms with Crippen molar-refractivity contribution in [3.8, 4) is 0 Å². The quantitative estimate of drug-likeness (QED) is 0.890. The Bertz CT molecular complexity index is 511. The first-order valence-electron chi connectivity index (χ1n) is 5.34. The Kier molecular flexibility index (Phi) is 4.18. The second kappa shape index (κ2) is 5.29. The lowest BCUT2D eigenvalue weighted by Gasteiger charge is -2.18. The summed E-state index contributed by atoms with van der Waals surface area (Å²) in [7, 11) is 0. The number of aryl methyl sites for hydroxylation is 1. The molecule has 1 aromatic rings. The van der Waals surface area contributed by atoms with E-state index in [4.69, 9.17) is 5.11 Å². The van der Waals surface area contributed by atoms with Gasteiger partial charge in [-0.1, -0.05) is 6.07 Å². The van der Waals surface area contributed by atoms with Gasteiger partial charge in [-0.05, 0) is 37.1 Å². The van der Waals surface area contributed by atoms with E-state index in [2.05, 4.69) is 0 Å². The van der Waals surface area contributed by atoms with Gasteiger partial charge in [-0.3, -0.25) is 4.79 Å². The summed E-state index contributed by atoms with van der Waals surface area (Å²) in [6.07, 6.45) is -4.97. The van der Waals surface area contributed by atoms with Crippen LogP contribution in [0.1, 0.15) is 34.5 Å². The van der Waals surface area contributed by atoms with Crippen LogP contribution < -0.4 is 5.32 Å². The minimum Gasteiger partial charge on any atom is -0.478 e. The van der Waals surface area contributed by atoms with Crippen LogP contribution in [0.25, 0.3) is 0 Å². The predicted molar refractivity (Wildman–Crippen MR) is 60.8 cm³/mol. The second-order valence-corrected chi connectivity index (χ2v) is 4.07. The monoisotopic (exact) mass is 275 g/mol. The molecular weight excluding hydrogens is 263 g/mol. The van der Waals surface area contributed by atoms with Crippen LogP contribution in [-0.2, 0) is 4.79 Å². The highest BCUT2D eigenvalue weighted by molar-refractivity contribution is 5.88. The molecule has 0 aromatic heterocycles. The standard InChI is InChI=1S/C12H12F3NO3/c1-6-3-4-8(10(17)18)5-9(6)7(2)16-11(19)12(13,14)15/h3-5,7H,1-2H3,(H,16,19)(H,17,18). The Morgan fingerprint density at radius 1 is 1.32 bits per heavy atom. The Hall–Kier alpha value is -2.05. The van der Waals surface area contributed by atoms with Crippen molar-refractivity contribution in [1.82, 2.24) is 5.32 Å². The average Bonchev–Trinajstić information content (AvgIpc) is 2.27. The summed E-state index contributed by atoms with van der Waals surface area (Å²) in [6, 6.07) is 3.14. The molecule has 1 aromatic carbocycles. The highest BCUT2D eigenvalue weighted by Crippen LogP contribution is 2.22. The summed E-state index contributed by atoms with van der Waals surface area (Å²) in [6.45, 7) is 2.98. The zero-order valence-corrected chi connectivity index (χ0v) is 10.2. The third kappa shape index (κ3) is 3.70. The van der Waals surface area contributed by atoms with Crippen LogP contribution in [0.4, 0.5) is 13.2 Å². The number of nitrogens with one attached hydrogen (secondary N) is 1. The summed E-state index contributed by atoms with van der Waals surface area (Å²) in [5.41, 5.74) is 0.881. The number of alkyl halides is 3. The van der Waals surface area contributed by atoms with Gasteiger partial charge in [0.25, 0.3) is 0 Å². The largest absolute Gasteiger partial charge is 0.478 e. The first kappa shape index (κ1) is 15.0. The van der Waals surface area contributed by atoms with Crippen molar-refractivity contribution in [3.05, 3.63) is 34.9 Å². The first-order chi connectivity index (χ1) is 8.62. The number of benzene rings is 1. The molecule has 19 heavy (non-hydrogen) atoms. The summed E-state index contributed by atoms with van der Waals surface area (Å²) in [5, 5.41) is 10.6. The lowest BCUT2D eigenvalue weighted by Crippen LogP contribution is -2.38. The molecule has 0 aliphatic heterocycles. The zero-order valence-electron chi connectivity index (χ0n) is 10.2. The number of rotatable bonds is 3. The Labute approximate surface area is 107 Å². The molecule has 0 radical (unpaired) electrons. The minimum atomic E-state index is -4.97. The fourth-order valence-electron chi connectivity index (χ4n) is 1.60. The van der Waals surface area contributed by atoms with Crippen molar-refractivity contribution in [3.63, 3.8) is 0 Å². The lowest BCUT2D eigenvalue weighted by atomic mass is 9.99. The number of carboxylic acids is 1. The normalized spacial score (nSPS) is 12.9.